The Hall–Kier alpha value is -0.570. The summed E-state index contributed by atoms with van der Waals surface area (Å²) in [7, 11) is 0. The number of hydrogen-bond donors (Lipinski definition) is 2. The quantitative estimate of drug-likeness (QED) is 0.588. The molecule has 2 rings (SSSR count). The summed E-state index contributed by atoms with van der Waals surface area (Å²) < 4.78 is 0. The average molecular weight is 154 g/mol. The summed E-state index contributed by atoms with van der Waals surface area (Å²) in [5.74, 6) is 0.730. The molecule has 0 radical (unpaired) electrons. The van der Waals surface area contributed by atoms with E-state index in [0.717, 1.165) is 19.3 Å². The van der Waals surface area contributed by atoms with Crippen molar-refractivity contribution in [2.75, 3.05) is 0 Å². The van der Waals surface area contributed by atoms with Gasteiger partial charge < -0.3 is 11.1 Å². The van der Waals surface area contributed by atoms with Crippen molar-refractivity contribution in [3.63, 3.8) is 0 Å². The van der Waals surface area contributed by atoms with E-state index in [4.69, 9.17) is 5.73 Å². The lowest BCUT2D eigenvalue weighted by atomic mass is 10.3. The number of carbonyl (C=O) groups excluding carboxylic acids is 1. The van der Waals surface area contributed by atoms with E-state index in [2.05, 4.69) is 12.2 Å². The van der Waals surface area contributed by atoms with Crippen LogP contribution in [0.15, 0.2) is 0 Å². The smallest absolute Gasteiger partial charge is 0.240 e. The lowest BCUT2D eigenvalue weighted by molar-refractivity contribution is -0.123. The second-order valence-corrected chi connectivity index (χ2v) is 3.95. The Labute approximate surface area is 66.3 Å². The molecule has 0 aromatic carbocycles. The fourth-order valence-corrected chi connectivity index (χ4v) is 1.20. The third kappa shape index (κ3) is 1.25. The second kappa shape index (κ2) is 1.97. The molecule has 11 heavy (non-hydrogen) atoms. The molecule has 0 bridgehead atoms. The summed E-state index contributed by atoms with van der Waals surface area (Å²) >= 11 is 0. The maximum Gasteiger partial charge on any atom is 0.240 e. The van der Waals surface area contributed by atoms with Crippen LogP contribution in [-0.2, 0) is 4.79 Å². The minimum absolute atomic E-state index is 0.0619. The van der Waals surface area contributed by atoms with Gasteiger partial charge in [-0.15, -0.1) is 0 Å². The maximum absolute atomic E-state index is 11.3. The Bertz CT molecular complexity index is 198. The van der Waals surface area contributed by atoms with Gasteiger partial charge in [-0.2, -0.15) is 0 Å². The molecule has 2 unspecified atom stereocenters. The van der Waals surface area contributed by atoms with E-state index in [1.165, 1.54) is 0 Å². The molecule has 0 heterocycles. The molecular formula is C8H14N2O. The molecule has 2 fully saturated rings. The van der Waals surface area contributed by atoms with Crippen molar-refractivity contribution in [1.29, 1.82) is 0 Å². The molecule has 0 aromatic rings. The van der Waals surface area contributed by atoms with Gasteiger partial charge in [-0.1, -0.05) is 6.92 Å². The Morgan fingerprint density at radius 2 is 2.18 bits per heavy atom. The van der Waals surface area contributed by atoms with Crippen LogP contribution in [0, 0.1) is 5.92 Å². The third-order valence-electron chi connectivity index (χ3n) is 2.67. The van der Waals surface area contributed by atoms with E-state index in [1.807, 2.05) is 0 Å². The Kier molecular flexibility index (Phi) is 1.27. The standard InChI is InChI=1S/C8H14N2O/c1-5-4-6(5)10-7(11)8(9)2-3-8/h5-6H,2-4,9H2,1H3,(H,10,11). The summed E-state index contributed by atoms with van der Waals surface area (Å²) in [6, 6.07) is 0.420. The fraction of sp³-hybridized carbons (Fsp3) is 0.875. The van der Waals surface area contributed by atoms with Crippen LogP contribution in [-0.4, -0.2) is 17.5 Å². The molecule has 0 spiro atoms. The molecule has 2 aliphatic carbocycles. The molecule has 2 saturated carbocycles. The number of nitrogens with one attached hydrogen (secondary N) is 1. The van der Waals surface area contributed by atoms with Crippen molar-refractivity contribution in [1.82, 2.24) is 5.32 Å². The summed E-state index contributed by atoms with van der Waals surface area (Å²) in [6.45, 7) is 2.14. The monoisotopic (exact) mass is 154 g/mol. The van der Waals surface area contributed by atoms with E-state index in [-0.39, 0.29) is 5.91 Å². The van der Waals surface area contributed by atoms with Crippen molar-refractivity contribution in [3.05, 3.63) is 0 Å². The van der Waals surface area contributed by atoms with Gasteiger partial charge in [-0.3, -0.25) is 4.79 Å². The number of rotatable bonds is 2. The molecule has 3 heteroatoms. The predicted molar refractivity (Wildman–Crippen MR) is 41.9 cm³/mol. The molecule has 0 aliphatic heterocycles. The zero-order valence-corrected chi connectivity index (χ0v) is 6.76. The van der Waals surface area contributed by atoms with Gasteiger partial charge in [0.1, 0.15) is 0 Å². The summed E-state index contributed by atoms with van der Waals surface area (Å²) in [4.78, 5) is 11.3. The van der Waals surface area contributed by atoms with Gasteiger partial charge in [0.05, 0.1) is 5.54 Å². The lowest BCUT2D eigenvalue weighted by Crippen LogP contribution is -2.43. The van der Waals surface area contributed by atoms with E-state index in [1.54, 1.807) is 0 Å². The molecule has 3 nitrogen and oxygen atoms in total. The molecule has 1 amide bonds. The van der Waals surface area contributed by atoms with Crippen LogP contribution in [0.4, 0.5) is 0 Å². The molecule has 2 aliphatic rings. The van der Waals surface area contributed by atoms with Crippen LogP contribution >= 0.6 is 0 Å². The zero-order chi connectivity index (χ0) is 8.06. The van der Waals surface area contributed by atoms with Crippen LogP contribution in [0.25, 0.3) is 0 Å². The summed E-state index contributed by atoms with van der Waals surface area (Å²) in [6.07, 6.45) is 2.85. The second-order valence-electron chi connectivity index (χ2n) is 3.95. The van der Waals surface area contributed by atoms with E-state index < -0.39 is 5.54 Å². The van der Waals surface area contributed by atoms with Gasteiger partial charge >= 0.3 is 0 Å². The highest BCUT2D eigenvalue weighted by Crippen LogP contribution is 2.35. The highest BCUT2D eigenvalue weighted by atomic mass is 16.2. The van der Waals surface area contributed by atoms with Crippen molar-refractivity contribution >= 4 is 5.91 Å². The minimum Gasteiger partial charge on any atom is -0.351 e. The normalized spacial score (nSPS) is 38.0. The Balaban J connectivity index is 1.82. The van der Waals surface area contributed by atoms with Gasteiger partial charge in [0.15, 0.2) is 0 Å². The van der Waals surface area contributed by atoms with Gasteiger partial charge in [0.25, 0.3) is 0 Å². The summed E-state index contributed by atoms with van der Waals surface area (Å²) in [5, 5.41) is 2.94. The van der Waals surface area contributed by atoms with E-state index >= 15 is 0 Å². The van der Waals surface area contributed by atoms with Gasteiger partial charge in [0, 0.05) is 6.04 Å². The molecule has 2 atom stereocenters. The van der Waals surface area contributed by atoms with E-state index in [0.29, 0.717) is 12.0 Å². The van der Waals surface area contributed by atoms with Crippen LogP contribution in [0.2, 0.25) is 0 Å². The van der Waals surface area contributed by atoms with Gasteiger partial charge in [0.2, 0.25) is 5.91 Å². The Morgan fingerprint density at radius 1 is 1.64 bits per heavy atom. The maximum atomic E-state index is 11.3. The average Bonchev–Trinajstić information content (AvgIpc) is 2.77. The SMILES string of the molecule is CC1CC1NC(=O)C1(N)CC1. The molecule has 3 N–H and O–H groups in total. The fourth-order valence-electron chi connectivity index (χ4n) is 1.20. The lowest BCUT2D eigenvalue weighted by Gasteiger charge is -2.08. The van der Waals surface area contributed by atoms with Crippen molar-refractivity contribution in [3.8, 4) is 0 Å². The molecule has 0 aromatic heterocycles. The summed E-state index contributed by atoms with van der Waals surface area (Å²) in [5.41, 5.74) is 5.22. The minimum atomic E-state index is -0.484. The molecule has 0 saturated heterocycles. The number of nitrogens with two attached hydrogens (primary N) is 1. The number of carbonyl (C=O) groups is 1. The van der Waals surface area contributed by atoms with Crippen LogP contribution < -0.4 is 11.1 Å². The highest BCUT2D eigenvalue weighted by Gasteiger charge is 2.48. The highest BCUT2D eigenvalue weighted by molar-refractivity contribution is 5.89. The zero-order valence-electron chi connectivity index (χ0n) is 6.76. The van der Waals surface area contributed by atoms with Crippen molar-refractivity contribution in [2.45, 2.75) is 37.8 Å². The van der Waals surface area contributed by atoms with Crippen LogP contribution in [0.3, 0.4) is 0 Å². The van der Waals surface area contributed by atoms with Gasteiger partial charge in [-0.05, 0) is 25.2 Å². The largest absolute Gasteiger partial charge is 0.351 e. The molecular weight excluding hydrogens is 140 g/mol. The topological polar surface area (TPSA) is 55.1 Å². The Morgan fingerprint density at radius 3 is 2.55 bits per heavy atom. The first kappa shape index (κ1) is 7.10. The van der Waals surface area contributed by atoms with E-state index in [9.17, 15) is 4.79 Å². The third-order valence-corrected chi connectivity index (χ3v) is 2.67. The molecule has 62 valence electrons. The van der Waals surface area contributed by atoms with Crippen LogP contribution in [0.5, 0.6) is 0 Å². The first-order valence-electron chi connectivity index (χ1n) is 4.22. The predicted octanol–water partition coefficient (Wildman–Crippen LogP) is 0.00230. The van der Waals surface area contributed by atoms with Crippen molar-refractivity contribution in [2.24, 2.45) is 11.7 Å². The van der Waals surface area contributed by atoms with Crippen LogP contribution in [0.1, 0.15) is 26.2 Å². The van der Waals surface area contributed by atoms with Gasteiger partial charge in [-0.25, -0.2) is 0 Å². The number of amides is 1. The van der Waals surface area contributed by atoms with Crippen molar-refractivity contribution < 1.29 is 4.79 Å². The first-order valence-corrected chi connectivity index (χ1v) is 4.22. The first-order chi connectivity index (χ1) is 5.12. The number of hydrogen-bond acceptors (Lipinski definition) is 2.